The van der Waals surface area contributed by atoms with Crippen LogP contribution in [-0.4, -0.2) is 17.7 Å². The lowest BCUT2D eigenvalue weighted by Crippen LogP contribution is -2.32. The lowest BCUT2D eigenvalue weighted by atomic mass is 9.86. The maximum Gasteiger partial charge on any atom is 0.303 e. The molecule has 1 aromatic carbocycles. The van der Waals surface area contributed by atoms with Gasteiger partial charge in [-0.3, -0.25) is 4.79 Å². The van der Waals surface area contributed by atoms with Crippen molar-refractivity contribution in [1.29, 1.82) is 0 Å². The quantitative estimate of drug-likeness (QED) is 0.932. The second-order valence-corrected chi connectivity index (χ2v) is 6.26. The van der Waals surface area contributed by atoms with Crippen molar-refractivity contribution < 1.29 is 14.6 Å². The third-order valence-corrected chi connectivity index (χ3v) is 4.99. The Hall–Kier alpha value is -1.39. The molecular formula is C15H16O3S. The zero-order valence-electron chi connectivity index (χ0n) is 10.8. The molecule has 1 aromatic heterocycles. The Bertz CT molecular complexity index is 631. The molecule has 4 heteroatoms. The van der Waals surface area contributed by atoms with Crippen molar-refractivity contribution in [1.82, 2.24) is 0 Å². The summed E-state index contributed by atoms with van der Waals surface area (Å²) in [5, 5.41) is 10.1. The number of hydrogen-bond acceptors (Lipinski definition) is 3. The molecule has 0 radical (unpaired) electrons. The van der Waals surface area contributed by atoms with Crippen LogP contribution in [0.5, 0.6) is 0 Å². The summed E-state index contributed by atoms with van der Waals surface area (Å²) in [6.45, 7) is 2.70. The average molecular weight is 276 g/mol. The molecule has 2 heterocycles. The SMILES string of the molecule is CC1(CCC(=O)O)OCCc2sc3ccccc3c21. The van der Waals surface area contributed by atoms with Gasteiger partial charge < -0.3 is 9.84 Å². The molecule has 0 amide bonds. The van der Waals surface area contributed by atoms with Crippen molar-refractivity contribution >= 4 is 27.4 Å². The third-order valence-electron chi connectivity index (χ3n) is 3.76. The van der Waals surface area contributed by atoms with Crippen molar-refractivity contribution in [2.75, 3.05) is 6.61 Å². The number of ether oxygens (including phenoxy) is 1. The number of rotatable bonds is 3. The predicted molar refractivity (Wildman–Crippen MR) is 75.7 cm³/mol. The zero-order valence-corrected chi connectivity index (χ0v) is 11.6. The van der Waals surface area contributed by atoms with E-state index in [4.69, 9.17) is 9.84 Å². The summed E-state index contributed by atoms with van der Waals surface area (Å²) in [5.41, 5.74) is 0.742. The van der Waals surface area contributed by atoms with Crippen molar-refractivity contribution in [3.63, 3.8) is 0 Å². The molecule has 1 aliphatic rings. The van der Waals surface area contributed by atoms with Gasteiger partial charge in [-0.1, -0.05) is 18.2 Å². The van der Waals surface area contributed by atoms with E-state index < -0.39 is 11.6 Å². The minimum Gasteiger partial charge on any atom is -0.481 e. The van der Waals surface area contributed by atoms with Gasteiger partial charge >= 0.3 is 5.97 Å². The molecule has 1 aliphatic heterocycles. The van der Waals surface area contributed by atoms with Gasteiger partial charge in [0.05, 0.1) is 12.2 Å². The number of carboxylic acid groups (broad SMARTS) is 1. The van der Waals surface area contributed by atoms with Crippen molar-refractivity contribution in [2.24, 2.45) is 0 Å². The number of benzene rings is 1. The number of carboxylic acids is 1. The molecule has 100 valence electrons. The largest absolute Gasteiger partial charge is 0.481 e. The van der Waals surface area contributed by atoms with E-state index in [1.807, 2.05) is 30.4 Å². The molecule has 19 heavy (non-hydrogen) atoms. The molecule has 0 bridgehead atoms. The monoisotopic (exact) mass is 276 g/mol. The molecule has 1 unspecified atom stereocenters. The molecule has 1 atom stereocenters. The lowest BCUT2D eigenvalue weighted by Gasteiger charge is -2.34. The highest BCUT2D eigenvalue weighted by Gasteiger charge is 2.36. The number of thiophene rings is 1. The highest BCUT2D eigenvalue weighted by atomic mass is 32.1. The van der Waals surface area contributed by atoms with Crippen LogP contribution < -0.4 is 0 Å². The highest BCUT2D eigenvalue weighted by Crippen LogP contribution is 2.45. The van der Waals surface area contributed by atoms with Gasteiger partial charge in [0.1, 0.15) is 0 Å². The Balaban J connectivity index is 2.09. The van der Waals surface area contributed by atoms with Gasteiger partial charge in [0.2, 0.25) is 0 Å². The molecule has 0 saturated heterocycles. The van der Waals surface area contributed by atoms with E-state index in [-0.39, 0.29) is 6.42 Å². The van der Waals surface area contributed by atoms with Crippen LogP contribution in [0.4, 0.5) is 0 Å². The summed E-state index contributed by atoms with van der Waals surface area (Å²) >= 11 is 1.81. The van der Waals surface area contributed by atoms with Crippen LogP contribution in [0, 0.1) is 0 Å². The minimum atomic E-state index is -0.767. The lowest BCUT2D eigenvalue weighted by molar-refractivity contribution is -0.139. The van der Waals surface area contributed by atoms with Crippen LogP contribution in [0.15, 0.2) is 24.3 Å². The highest BCUT2D eigenvalue weighted by molar-refractivity contribution is 7.19. The number of aliphatic carboxylic acids is 1. The Labute approximate surface area is 115 Å². The summed E-state index contributed by atoms with van der Waals surface area (Å²) in [4.78, 5) is 12.2. The van der Waals surface area contributed by atoms with E-state index in [0.717, 1.165) is 6.42 Å². The van der Waals surface area contributed by atoms with Gasteiger partial charge in [0, 0.05) is 28.0 Å². The Morgan fingerprint density at radius 2 is 2.26 bits per heavy atom. The van der Waals surface area contributed by atoms with Gasteiger partial charge in [-0.25, -0.2) is 0 Å². The Kier molecular flexibility index (Phi) is 3.07. The van der Waals surface area contributed by atoms with Crippen LogP contribution in [0.25, 0.3) is 10.1 Å². The van der Waals surface area contributed by atoms with E-state index >= 15 is 0 Å². The van der Waals surface area contributed by atoms with E-state index in [1.54, 1.807) is 0 Å². The molecule has 0 saturated carbocycles. The van der Waals surface area contributed by atoms with Crippen LogP contribution in [0.1, 0.15) is 30.2 Å². The fraction of sp³-hybridized carbons (Fsp3) is 0.400. The molecule has 3 rings (SSSR count). The first-order chi connectivity index (χ1) is 9.10. The van der Waals surface area contributed by atoms with Crippen molar-refractivity contribution in [3.05, 3.63) is 34.7 Å². The molecule has 0 aliphatic carbocycles. The topological polar surface area (TPSA) is 46.5 Å². The maximum atomic E-state index is 10.8. The third kappa shape index (κ3) is 2.15. The van der Waals surface area contributed by atoms with E-state index in [0.29, 0.717) is 13.0 Å². The Morgan fingerprint density at radius 3 is 3.05 bits per heavy atom. The molecule has 0 fully saturated rings. The molecule has 2 aromatic rings. The van der Waals surface area contributed by atoms with E-state index in [2.05, 4.69) is 12.1 Å². The van der Waals surface area contributed by atoms with Crippen molar-refractivity contribution in [3.8, 4) is 0 Å². The average Bonchev–Trinajstić information content (AvgIpc) is 2.76. The summed E-state index contributed by atoms with van der Waals surface area (Å²) in [7, 11) is 0. The predicted octanol–water partition coefficient (Wildman–Crippen LogP) is 3.55. The standard InChI is InChI=1S/C15H16O3S/c1-15(8-6-13(16)17)14-10-4-2-3-5-11(10)19-12(14)7-9-18-15/h2-5H,6-9H2,1H3,(H,16,17). The van der Waals surface area contributed by atoms with Gasteiger partial charge in [-0.2, -0.15) is 0 Å². The fourth-order valence-electron chi connectivity index (χ4n) is 2.84. The maximum absolute atomic E-state index is 10.8. The summed E-state index contributed by atoms with van der Waals surface area (Å²) in [5.74, 6) is -0.767. The first-order valence-corrected chi connectivity index (χ1v) is 7.28. The minimum absolute atomic E-state index is 0.139. The van der Waals surface area contributed by atoms with E-state index in [9.17, 15) is 4.79 Å². The molecular weight excluding hydrogens is 260 g/mol. The first kappa shape index (κ1) is 12.6. The van der Waals surface area contributed by atoms with Crippen LogP contribution in [-0.2, 0) is 21.6 Å². The van der Waals surface area contributed by atoms with E-state index in [1.165, 1.54) is 20.5 Å². The second-order valence-electron chi connectivity index (χ2n) is 5.12. The zero-order chi connectivity index (χ0) is 13.5. The smallest absolute Gasteiger partial charge is 0.303 e. The molecule has 0 spiro atoms. The number of carbonyl (C=O) groups is 1. The Morgan fingerprint density at radius 1 is 1.47 bits per heavy atom. The van der Waals surface area contributed by atoms with Gasteiger partial charge in [-0.15, -0.1) is 11.3 Å². The summed E-state index contributed by atoms with van der Waals surface area (Å²) in [6.07, 6.45) is 1.59. The van der Waals surface area contributed by atoms with Crippen LogP contribution in [0.3, 0.4) is 0 Å². The normalized spacial score (nSPS) is 22.4. The van der Waals surface area contributed by atoms with Crippen LogP contribution in [0.2, 0.25) is 0 Å². The summed E-state index contributed by atoms with van der Waals surface area (Å²) < 4.78 is 7.22. The summed E-state index contributed by atoms with van der Waals surface area (Å²) in [6, 6.07) is 8.30. The van der Waals surface area contributed by atoms with Crippen molar-refractivity contribution in [2.45, 2.75) is 31.8 Å². The van der Waals surface area contributed by atoms with Gasteiger partial charge in [0.15, 0.2) is 0 Å². The number of hydrogen-bond donors (Lipinski definition) is 1. The van der Waals surface area contributed by atoms with Gasteiger partial charge in [-0.05, 0) is 24.8 Å². The molecule has 1 N–H and O–H groups in total. The number of fused-ring (bicyclic) bond motifs is 3. The second kappa shape index (κ2) is 4.62. The fourth-order valence-corrected chi connectivity index (χ4v) is 4.14. The van der Waals surface area contributed by atoms with Gasteiger partial charge in [0.25, 0.3) is 0 Å². The van der Waals surface area contributed by atoms with Crippen LogP contribution >= 0.6 is 11.3 Å². The first-order valence-electron chi connectivity index (χ1n) is 6.47. The molecule has 3 nitrogen and oxygen atoms in total.